The molecule has 0 saturated heterocycles. The fourth-order valence-electron chi connectivity index (χ4n) is 4.69. The van der Waals surface area contributed by atoms with Crippen LogP contribution >= 0.6 is 0 Å². The molecular formula is C38H48FNO3. The van der Waals surface area contributed by atoms with Gasteiger partial charge in [0.25, 0.3) is 0 Å². The standard InChI is InChI=1S/C38H48FNO3/c1-6-9-32-12-18-35(19-13-32)24-41-27-38(40-31(5)30(4)39,28-42-25-36-20-14-33(10-7-2)15-21-36)29-43-26-37-22-16-34(11-8-3)17-23-37/h6-23,30-31,40H,24-29H2,1-5H3/b9-6+,10-7+,11-8+. The van der Waals surface area contributed by atoms with Crippen molar-refractivity contribution in [3.63, 3.8) is 0 Å². The molecule has 0 heterocycles. The molecule has 3 rings (SSSR count). The van der Waals surface area contributed by atoms with Gasteiger partial charge in [-0.1, -0.05) is 109 Å². The molecule has 0 saturated carbocycles. The van der Waals surface area contributed by atoms with Gasteiger partial charge in [0, 0.05) is 6.04 Å². The van der Waals surface area contributed by atoms with Gasteiger partial charge in [0.2, 0.25) is 0 Å². The third-order valence-electron chi connectivity index (χ3n) is 7.18. The molecular weight excluding hydrogens is 537 g/mol. The van der Waals surface area contributed by atoms with Gasteiger partial charge in [-0.3, -0.25) is 5.32 Å². The van der Waals surface area contributed by atoms with Crippen molar-refractivity contribution >= 4 is 18.2 Å². The van der Waals surface area contributed by atoms with Crippen molar-refractivity contribution in [1.82, 2.24) is 5.32 Å². The molecule has 0 radical (unpaired) electrons. The second-order valence-electron chi connectivity index (χ2n) is 11.1. The lowest BCUT2D eigenvalue weighted by atomic mass is 10.00. The van der Waals surface area contributed by atoms with Crippen LogP contribution in [0.1, 0.15) is 68.0 Å². The van der Waals surface area contributed by atoms with Gasteiger partial charge in [-0.2, -0.15) is 0 Å². The largest absolute Gasteiger partial charge is 0.375 e. The number of ether oxygens (including phenoxy) is 3. The molecule has 0 fully saturated rings. The van der Waals surface area contributed by atoms with E-state index in [1.165, 1.54) is 0 Å². The molecule has 3 aromatic carbocycles. The van der Waals surface area contributed by atoms with Gasteiger partial charge in [0.05, 0.1) is 45.2 Å². The number of rotatable bonds is 18. The topological polar surface area (TPSA) is 39.7 Å². The highest BCUT2D eigenvalue weighted by molar-refractivity contribution is 5.50. The number of benzene rings is 3. The van der Waals surface area contributed by atoms with E-state index in [0.717, 1.165) is 33.4 Å². The monoisotopic (exact) mass is 585 g/mol. The van der Waals surface area contributed by atoms with Crippen LogP contribution in [0.3, 0.4) is 0 Å². The summed E-state index contributed by atoms with van der Waals surface area (Å²) in [7, 11) is 0. The summed E-state index contributed by atoms with van der Waals surface area (Å²) in [6.45, 7) is 11.6. The van der Waals surface area contributed by atoms with Crippen LogP contribution in [0.15, 0.2) is 91.0 Å². The molecule has 0 aliphatic rings. The van der Waals surface area contributed by atoms with Crippen molar-refractivity contribution in [3.8, 4) is 0 Å². The Morgan fingerprint density at radius 2 is 0.884 bits per heavy atom. The molecule has 0 amide bonds. The summed E-state index contributed by atoms with van der Waals surface area (Å²) in [4.78, 5) is 0. The zero-order valence-electron chi connectivity index (χ0n) is 26.4. The molecule has 2 atom stereocenters. The first-order valence-corrected chi connectivity index (χ1v) is 15.2. The first kappa shape index (κ1) is 34.1. The van der Waals surface area contributed by atoms with E-state index in [4.69, 9.17) is 14.2 Å². The second kappa shape index (κ2) is 18.3. The van der Waals surface area contributed by atoms with Crippen LogP contribution < -0.4 is 5.32 Å². The predicted octanol–water partition coefficient (Wildman–Crippen LogP) is 8.81. The van der Waals surface area contributed by atoms with Crippen LogP contribution in [-0.4, -0.2) is 37.6 Å². The minimum Gasteiger partial charge on any atom is -0.375 e. The lowest BCUT2D eigenvalue weighted by molar-refractivity contribution is -0.0573. The molecule has 4 nitrogen and oxygen atoms in total. The van der Waals surface area contributed by atoms with Gasteiger partial charge in [-0.05, 0) is 68.0 Å². The van der Waals surface area contributed by atoms with E-state index in [1.54, 1.807) is 6.92 Å². The molecule has 3 aromatic rings. The van der Waals surface area contributed by atoms with Crippen LogP contribution in [0.4, 0.5) is 4.39 Å². The number of hydrogen-bond acceptors (Lipinski definition) is 4. The average Bonchev–Trinajstić information content (AvgIpc) is 3.00. The van der Waals surface area contributed by atoms with Gasteiger partial charge in [-0.15, -0.1) is 0 Å². The maximum Gasteiger partial charge on any atom is 0.112 e. The number of hydrogen-bond donors (Lipinski definition) is 1. The van der Waals surface area contributed by atoms with E-state index in [1.807, 2.05) is 45.9 Å². The molecule has 0 aromatic heterocycles. The number of alkyl halides is 1. The third-order valence-corrected chi connectivity index (χ3v) is 7.18. The molecule has 2 unspecified atom stereocenters. The molecule has 0 aliphatic carbocycles. The Morgan fingerprint density at radius 3 is 1.14 bits per heavy atom. The van der Waals surface area contributed by atoms with Crippen molar-refractivity contribution in [2.75, 3.05) is 19.8 Å². The Kier molecular flexibility index (Phi) is 14.6. The minimum atomic E-state index is -1.06. The molecule has 5 heteroatoms. The second-order valence-corrected chi connectivity index (χ2v) is 11.1. The van der Waals surface area contributed by atoms with E-state index >= 15 is 0 Å². The number of allylic oxidation sites excluding steroid dienone is 3. The smallest absolute Gasteiger partial charge is 0.112 e. The van der Waals surface area contributed by atoms with Gasteiger partial charge >= 0.3 is 0 Å². The highest BCUT2D eigenvalue weighted by Crippen LogP contribution is 2.18. The molecule has 0 spiro atoms. The summed E-state index contributed by atoms with van der Waals surface area (Å²) < 4.78 is 33.3. The van der Waals surface area contributed by atoms with Crippen molar-refractivity contribution in [2.24, 2.45) is 0 Å². The summed E-state index contributed by atoms with van der Waals surface area (Å²) in [5, 5.41) is 3.49. The molecule has 0 aliphatic heterocycles. The van der Waals surface area contributed by atoms with Crippen LogP contribution in [-0.2, 0) is 34.0 Å². The maximum atomic E-state index is 14.5. The summed E-state index contributed by atoms with van der Waals surface area (Å²) in [5.41, 5.74) is 5.88. The fraction of sp³-hybridized carbons (Fsp3) is 0.368. The van der Waals surface area contributed by atoms with E-state index in [0.29, 0.717) is 39.6 Å². The molecule has 0 bridgehead atoms. The van der Waals surface area contributed by atoms with E-state index in [9.17, 15) is 4.39 Å². The Morgan fingerprint density at radius 1 is 0.581 bits per heavy atom. The molecule has 43 heavy (non-hydrogen) atoms. The lowest BCUT2D eigenvalue weighted by Gasteiger charge is -2.37. The van der Waals surface area contributed by atoms with Crippen LogP contribution in [0.5, 0.6) is 0 Å². The Balaban J connectivity index is 1.74. The van der Waals surface area contributed by atoms with Gasteiger partial charge in [0.1, 0.15) is 6.17 Å². The fourth-order valence-corrected chi connectivity index (χ4v) is 4.69. The number of halogens is 1. The van der Waals surface area contributed by atoms with Crippen molar-refractivity contribution < 1.29 is 18.6 Å². The quantitative estimate of drug-likeness (QED) is 0.162. The molecule has 1 N–H and O–H groups in total. The van der Waals surface area contributed by atoms with E-state index < -0.39 is 17.8 Å². The summed E-state index contributed by atoms with van der Waals surface area (Å²) in [6, 6.07) is 24.4. The first-order chi connectivity index (χ1) is 20.9. The summed E-state index contributed by atoms with van der Waals surface area (Å²) >= 11 is 0. The highest BCUT2D eigenvalue weighted by atomic mass is 19.1. The summed E-state index contributed by atoms with van der Waals surface area (Å²) in [6.07, 6.45) is 11.2. The van der Waals surface area contributed by atoms with Crippen molar-refractivity contribution in [3.05, 3.63) is 124 Å². The lowest BCUT2D eigenvalue weighted by Crippen LogP contribution is -2.60. The highest BCUT2D eigenvalue weighted by Gasteiger charge is 2.34. The van der Waals surface area contributed by atoms with Crippen LogP contribution in [0.2, 0.25) is 0 Å². The van der Waals surface area contributed by atoms with Gasteiger partial charge in [0.15, 0.2) is 0 Å². The Bertz CT molecular complexity index is 1130. The Labute approximate surface area is 258 Å². The van der Waals surface area contributed by atoms with E-state index in [2.05, 4.69) is 96.3 Å². The first-order valence-electron chi connectivity index (χ1n) is 15.2. The summed E-state index contributed by atoms with van der Waals surface area (Å²) in [5.74, 6) is 0. The van der Waals surface area contributed by atoms with Gasteiger partial charge < -0.3 is 14.2 Å². The Hall–Kier alpha value is -3.35. The van der Waals surface area contributed by atoms with Crippen LogP contribution in [0, 0.1) is 0 Å². The van der Waals surface area contributed by atoms with E-state index in [-0.39, 0.29) is 0 Å². The zero-order valence-corrected chi connectivity index (χ0v) is 26.4. The predicted molar refractivity (Wildman–Crippen MR) is 178 cm³/mol. The van der Waals surface area contributed by atoms with Crippen molar-refractivity contribution in [1.29, 1.82) is 0 Å². The normalized spacial score (nSPS) is 13.8. The van der Waals surface area contributed by atoms with Crippen LogP contribution in [0.25, 0.3) is 18.2 Å². The minimum absolute atomic E-state index is 0.293. The zero-order chi connectivity index (χ0) is 30.9. The van der Waals surface area contributed by atoms with Gasteiger partial charge in [-0.25, -0.2) is 4.39 Å². The number of nitrogens with one attached hydrogen (secondary N) is 1. The average molecular weight is 586 g/mol. The third kappa shape index (κ3) is 12.0. The maximum absolute atomic E-state index is 14.5. The van der Waals surface area contributed by atoms with Crippen molar-refractivity contribution in [2.45, 2.75) is 72.2 Å². The molecule has 230 valence electrons. The SMILES string of the molecule is C/C=C/c1ccc(COCC(COCc2ccc(/C=C/C)cc2)(COCc2ccc(/C=C/C)cc2)NC(C)C(C)F)cc1.